The average Bonchev–Trinajstić information content (AvgIpc) is 3.88. The molecule has 0 amide bonds. The Morgan fingerprint density at radius 1 is 1.23 bits per heavy atom. The first-order valence-corrected chi connectivity index (χ1v) is 13.7. The van der Waals surface area contributed by atoms with Crippen LogP contribution in [0.3, 0.4) is 0 Å². The number of aromatic nitrogens is 2. The lowest BCUT2D eigenvalue weighted by Crippen LogP contribution is -2.23. The highest BCUT2D eigenvalue weighted by molar-refractivity contribution is 5.91. The van der Waals surface area contributed by atoms with Crippen molar-refractivity contribution in [2.75, 3.05) is 26.0 Å². The summed E-state index contributed by atoms with van der Waals surface area (Å²) in [4.78, 5) is 13.0. The number of nitrogens with zero attached hydrogens (tertiary/aromatic N) is 3. The molecular formula is C31H33F2N5O2. The van der Waals surface area contributed by atoms with E-state index in [1.165, 1.54) is 0 Å². The van der Waals surface area contributed by atoms with E-state index in [2.05, 4.69) is 21.9 Å². The molecule has 2 aromatic heterocycles. The van der Waals surface area contributed by atoms with Gasteiger partial charge in [0, 0.05) is 52.7 Å². The molecule has 1 aromatic carbocycles. The molecule has 208 valence electrons. The quantitative estimate of drug-likeness (QED) is 0.245. The summed E-state index contributed by atoms with van der Waals surface area (Å²) in [6.07, 6.45) is 8.17. The van der Waals surface area contributed by atoms with Crippen LogP contribution in [0.1, 0.15) is 66.8 Å². The Morgan fingerprint density at radius 3 is 2.65 bits per heavy atom. The number of aliphatic imine (C=N–C) groups is 1. The fourth-order valence-corrected chi connectivity index (χ4v) is 5.24. The standard InChI is InChI=1S/C31H33F2N5O2/c1-16-15-40-31-22(16)10-26(38-30(31)28-24(32)13-35-14-25(28)33)23(18-4-5-18)12-36-17(2)19-8-20(11-37-21-6-7-21)29(34)27(9-19)39-3/h8-11,13-14,16,18,21,23,36H,2,4-7,12,15,34H2,1,3H3. The Bertz CT molecular complexity index is 1480. The van der Waals surface area contributed by atoms with Crippen LogP contribution in [0.4, 0.5) is 14.5 Å². The van der Waals surface area contributed by atoms with Gasteiger partial charge in [0.05, 0.1) is 43.4 Å². The van der Waals surface area contributed by atoms with Crippen molar-refractivity contribution in [3.63, 3.8) is 0 Å². The van der Waals surface area contributed by atoms with Crippen molar-refractivity contribution in [1.82, 2.24) is 15.3 Å². The minimum Gasteiger partial charge on any atom is -0.495 e. The zero-order chi connectivity index (χ0) is 28.0. The fourth-order valence-electron chi connectivity index (χ4n) is 5.24. The first-order valence-electron chi connectivity index (χ1n) is 13.7. The summed E-state index contributed by atoms with van der Waals surface area (Å²) < 4.78 is 41.0. The molecule has 1 aliphatic heterocycles. The summed E-state index contributed by atoms with van der Waals surface area (Å²) in [7, 11) is 1.59. The van der Waals surface area contributed by atoms with Crippen molar-refractivity contribution < 1.29 is 18.3 Å². The van der Waals surface area contributed by atoms with Gasteiger partial charge in [0.25, 0.3) is 0 Å². The second-order valence-corrected chi connectivity index (χ2v) is 11.0. The predicted octanol–water partition coefficient (Wildman–Crippen LogP) is 5.84. The summed E-state index contributed by atoms with van der Waals surface area (Å²) in [5, 5.41) is 3.49. The van der Waals surface area contributed by atoms with Gasteiger partial charge in [0.2, 0.25) is 0 Å². The molecule has 2 fully saturated rings. The molecule has 3 N–H and O–H groups in total. The SMILES string of the molecule is C=C(NCC(c1cc2c(c(-c3c(F)cncc3F)n1)OCC2C)C1CC1)c1cc(C=NC2CC2)c(N)c(OC)c1. The zero-order valence-corrected chi connectivity index (χ0v) is 22.7. The van der Waals surface area contributed by atoms with Crippen molar-refractivity contribution >= 4 is 17.6 Å². The first-order chi connectivity index (χ1) is 19.3. The summed E-state index contributed by atoms with van der Waals surface area (Å²) in [6.45, 7) is 7.33. The largest absolute Gasteiger partial charge is 0.495 e. The number of methoxy groups -OCH3 is 1. The molecule has 2 atom stereocenters. The van der Waals surface area contributed by atoms with E-state index in [1.54, 1.807) is 7.11 Å². The number of benzene rings is 1. The van der Waals surface area contributed by atoms with Gasteiger partial charge in [-0.3, -0.25) is 9.98 Å². The van der Waals surface area contributed by atoms with E-state index in [4.69, 9.17) is 20.2 Å². The van der Waals surface area contributed by atoms with Crippen molar-refractivity contribution in [1.29, 1.82) is 0 Å². The topological polar surface area (TPSA) is 94.7 Å². The average molecular weight is 546 g/mol. The number of anilines is 1. The van der Waals surface area contributed by atoms with Gasteiger partial charge < -0.3 is 20.5 Å². The molecule has 3 aromatic rings. The Balaban J connectivity index is 1.30. The van der Waals surface area contributed by atoms with Crippen molar-refractivity contribution in [3.05, 3.63) is 71.2 Å². The van der Waals surface area contributed by atoms with E-state index in [0.717, 1.165) is 60.5 Å². The number of hydrogen-bond acceptors (Lipinski definition) is 7. The molecule has 7 nitrogen and oxygen atoms in total. The number of rotatable bonds is 10. The van der Waals surface area contributed by atoms with Crippen molar-refractivity contribution in [3.8, 4) is 22.8 Å². The van der Waals surface area contributed by atoms with Crippen LogP contribution in [0, 0.1) is 17.6 Å². The third-order valence-electron chi connectivity index (χ3n) is 7.94. The molecule has 0 radical (unpaired) electrons. The van der Waals surface area contributed by atoms with Crippen LogP contribution in [-0.4, -0.2) is 42.5 Å². The first kappa shape index (κ1) is 26.2. The Morgan fingerprint density at radius 2 is 1.98 bits per heavy atom. The number of pyridine rings is 2. The van der Waals surface area contributed by atoms with Crippen LogP contribution in [0.25, 0.3) is 17.0 Å². The second kappa shape index (κ2) is 10.5. The molecular weight excluding hydrogens is 512 g/mol. The normalized spacial score (nSPS) is 18.9. The van der Waals surface area contributed by atoms with Gasteiger partial charge in [-0.2, -0.15) is 0 Å². The van der Waals surface area contributed by atoms with Crippen LogP contribution in [0.5, 0.6) is 11.5 Å². The fraction of sp³-hybridized carbons (Fsp3) is 0.387. The highest BCUT2D eigenvalue weighted by Crippen LogP contribution is 2.47. The predicted molar refractivity (Wildman–Crippen MR) is 152 cm³/mol. The molecule has 2 aliphatic carbocycles. The van der Waals surface area contributed by atoms with Crippen molar-refractivity contribution in [2.24, 2.45) is 10.9 Å². The van der Waals surface area contributed by atoms with Crippen LogP contribution in [0.2, 0.25) is 0 Å². The number of nitrogens with one attached hydrogen (secondary N) is 1. The summed E-state index contributed by atoms with van der Waals surface area (Å²) in [5.41, 5.74) is 10.9. The lowest BCUT2D eigenvalue weighted by Gasteiger charge is -2.21. The monoisotopic (exact) mass is 545 g/mol. The van der Waals surface area contributed by atoms with Crippen molar-refractivity contribution in [2.45, 2.75) is 50.5 Å². The molecule has 9 heteroatoms. The van der Waals surface area contributed by atoms with Crippen LogP contribution < -0.4 is 20.5 Å². The van der Waals surface area contributed by atoms with Gasteiger partial charge in [0.1, 0.15) is 17.2 Å². The van der Waals surface area contributed by atoms with Gasteiger partial charge in [-0.1, -0.05) is 13.5 Å². The van der Waals surface area contributed by atoms with E-state index >= 15 is 0 Å². The minimum absolute atomic E-state index is 0.0214. The minimum atomic E-state index is -0.761. The molecule has 40 heavy (non-hydrogen) atoms. The third kappa shape index (κ3) is 5.12. The molecule has 2 saturated carbocycles. The molecule has 6 rings (SSSR count). The molecule has 0 bridgehead atoms. The number of nitrogen functional groups attached to an aromatic ring is 1. The van der Waals surface area contributed by atoms with Crippen LogP contribution in [0.15, 0.2) is 42.2 Å². The number of nitrogens with two attached hydrogens (primary N) is 1. The maximum absolute atomic E-state index is 14.8. The Kier molecular flexibility index (Phi) is 6.90. The molecule has 0 saturated heterocycles. The number of halogens is 2. The summed E-state index contributed by atoms with van der Waals surface area (Å²) in [6, 6.07) is 6.25. The number of ether oxygens (including phenoxy) is 2. The number of fused-ring (bicyclic) bond motifs is 1. The highest BCUT2D eigenvalue weighted by atomic mass is 19.1. The molecule has 3 heterocycles. The van der Waals surface area contributed by atoms with Crippen LogP contribution in [-0.2, 0) is 0 Å². The van der Waals surface area contributed by atoms with E-state index in [0.29, 0.717) is 48.0 Å². The van der Waals surface area contributed by atoms with E-state index in [1.807, 2.05) is 31.3 Å². The lowest BCUT2D eigenvalue weighted by molar-refractivity contribution is 0.337. The Hall–Kier alpha value is -4.01. The molecule has 3 aliphatic rings. The lowest BCUT2D eigenvalue weighted by atomic mass is 9.93. The second-order valence-electron chi connectivity index (χ2n) is 11.0. The van der Waals surface area contributed by atoms with E-state index < -0.39 is 11.6 Å². The van der Waals surface area contributed by atoms with Gasteiger partial charge >= 0.3 is 0 Å². The van der Waals surface area contributed by atoms with Gasteiger partial charge in [-0.05, 0) is 49.8 Å². The maximum atomic E-state index is 14.8. The van der Waals surface area contributed by atoms with Gasteiger partial charge in [0.15, 0.2) is 11.6 Å². The zero-order valence-electron chi connectivity index (χ0n) is 22.7. The third-order valence-corrected chi connectivity index (χ3v) is 7.94. The highest BCUT2D eigenvalue weighted by Gasteiger charge is 2.36. The van der Waals surface area contributed by atoms with E-state index in [-0.39, 0.29) is 23.1 Å². The maximum Gasteiger partial charge on any atom is 0.153 e. The summed E-state index contributed by atoms with van der Waals surface area (Å²) >= 11 is 0. The van der Waals surface area contributed by atoms with Crippen LogP contribution >= 0.6 is 0 Å². The smallest absolute Gasteiger partial charge is 0.153 e. The Labute approximate surface area is 232 Å². The van der Waals surface area contributed by atoms with Gasteiger partial charge in [-0.15, -0.1) is 0 Å². The molecule has 2 unspecified atom stereocenters. The summed E-state index contributed by atoms with van der Waals surface area (Å²) in [5.74, 6) is 0.00638. The van der Waals surface area contributed by atoms with E-state index in [9.17, 15) is 8.78 Å². The van der Waals surface area contributed by atoms with Gasteiger partial charge in [-0.25, -0.2) is 13.8 Å². The molecule has 0 spiro atoms. The number of hydrogen-bond donors (Lipinski definition) is 2.